The van der Waals surface area contributed by atoms with E-state index in [9.17, 15) is 13.2 Å². The van der Waals surface area contributed by atoms with E-state index in [0.29, 0.717) is 0 Å². The van der Waals surface area contributed by atoms with Gasteiger partial charge in [-0.1, -0.05) is 44.7 Å². The third-order valence-corrected chi connectivity index (χ3v) is 4.04. The van der Waals surface area contributed by atoms with E-state index in [-0.39, 0.29) is 6.04 Å². The highest BCUT2D eigenvalue weighted by Gasteiger charge is 2.30. The van der Waals surface area contributed by atoms with Crippen LogP contribution in [-0.4, -0.2) is 32.1 Å². The molecule has 0 heterocycles. The summed E-state index contributed by atoms with van der Waals surface area (Å²) in [6, 6.07) is 5.56. The average molecular weight is 330 g/mol. The Morgan fingerprint density at radius 1 is 1.00 bits per heavy atom. The SMILES string of the molecule is CCCCCCCNCC(c1ccc(C(F)(F)F)cc1)N(C)C. The summed E-state index contributed by atoms with van der Waals surface area (Å²) in [4.78, 5) is 2.03. The molecule has 0 aliphatic heterocycles. The molecule has 0 amide bonds. The molecule has 23 heavy (non-hydrogen) atoms. The van der Waals surface area contributed by atoms with Crippen LogP contribution in [0.4, 0.5) is 13.2 Å². The average Bonchev–Trinajstić information content (AvgIpc) is 2.49. The summed E-state index contributed by atoms with van der Waals surface area (Å²) in [5.41, 5.74) is 0.309. The zero-order valence-corrected chi connectivity index (χ0v) is 14.4. The highest BCUT2D eigenvalue weighted by Crippen LogP contribution is 2.30. The number of benzene rings is 1. The third-order valence-electron chi connectivity index (χ3n) is 4.04. The molecule has 1 rings (SSSR count). The van der Waals surface area contributed by atoms with Gasteiger partial charge in [-0.3, -0.25) is 0 Å². The molecule has 0 aliphatic rings. The molecule has 1 aromatic carbocycles. The number of alkyl halides is 3. The van der Waals surface area contributed by atoms with Gasteiger partial charge in [0.15, 0.2) is 0 Å². The standard InChI is InChI=1S/C18H29F3N2/c1-4-5-6-7-8-13-22-14-17(23(2)3)15-9-11-16(12-10-15)18(19,20)21/h9-12,17,22H,4-8,13-14H2,1-3H3. The van der Waals surface area contributed by atoms with Crippen LogP contribution in [0.1, 0.15) is 56.2 Å². The number of nitrogens with one attached hydrogen (secondary N) is 1. The summed E-state index contributed by atoms with van der Waals surface area (Å²) in [6.45, 7) is 3.89. The molecule has 0 aliphatic carbocycles. The number of rotatable bonds is 10. The summed E-state index contributed by atoms with van der Waals surface area (Å²) < 4.78 is 37.9. The molecule has 5 heteroatoms. The summed E-state index contributed by atoms with van der Waals surface area (Å²) in [6.07, 6.45) is 1.90. The molecule has 0 saturated heterocycles. The molecular formula is C18H29F3N2. The lowest BCUT2D eigenvalue weighted by Gasteiger charge is -2.25. The predicted molar refractivity (Wildman–Crippen MR) is 89.5 cm³/mol. The molecule has 0 spiro atoms. The largest absolute Gasteiger partial charge is 0.416 e. The van der Waals surface area contributed by atoms with Gasteiger partial charge in [0.1, 0.15) is 0 Å². The Hall–Kier alpha value is -1.07. The second-order valence-corrected chi connectivity index (χ2v) is 6.22. The molecular weight excluding hydrogens is 301 g/mol. The lowest BCUT2D eigenvalue weighted by atomic mass is 10.0. The van der Waals surface area contributed by atoms with Crippen LogP contribution in [0.15, 0.2) is 24.3 Å². The van der Waals surface area contributed by atoms with Crippen molar-refractivity contribution in [1.82, 2.24) is 10.2 Å². The fourth-order valence-electron chi connectivity index (χ4n) is 2.59. The zero-order chi connectivity index (χ0) is 17.3. The Morgan fingerprint density at radius 3 is 2.13 bits per heavy atom. The van der Waals surface area contributed by atoms with Crippen LogP contribution >= 0.6 is 0 Å². The maximum atomic E-state index is 12.6. The molecule has 0 fully saturated rings. The van der Waals surface area contributed by atoms with Crippen molar-refractivity contribution >= 4 is 0 Å². The van der Waals surface area contributed by atoms with Crippen molar-refractivity contribution in [2.45, 2.75) is 51.2 Å². The van der Waals surface area contributed by atoms with Crippen molar-refractivity contribution in [1.29, 1.82) is 0 Å². The summed E-state index contributed by atoms with van der Waals surface area (Å²) >= 11 is 0. The number of unbranched alkanes of at least 4 members (excludes halogenated alkanes) is 4. The molecule has 1 aromatic rings. The van der Waals surface area contributed by atoms with Gasteiger partial charge in [0.2, 0.25) is 0 Å². The molecule has 0 saturated carbocycles. The maximum absolute atomic E-state index is 12.6. The fourth-order valence-corrected chi connectivity index (χ4v) is 2.59. The van der Waals surface area contributed by atoms with Gasteiger partial charge in [0.25, 0.3) is 0 Å². The first kappa shape index (κ1) is 20.0. The molecule has 2 nitrogen and oxygen atoms in total. The minimum absolute atomic E-state index is 0.0768. The minimum atomic E-state index is -4.27. The van der Waals surface area contributed by atoms with E-state index in [4.69, 9.17) is 0 Å². The van der Waals surface area contributed by atoms with Crippen LogP contribution in [0.2, 0.25) is 0 Å². The van der Waals surface area contributed by atoms with E-state index in [2.05, 4.69) is 12.2 Å². The predicted octanol–water partition coefficient (Wildman–Crippen LogP) is 4.87. The third kappa shape index (κ3) is 7.36. The maximum Gasteiger partial charge on any atom is 0.416 e. The molecule has 1 atom stereocenters. The minimum Gasteiger partial charge on any atom is -0.315 e. The molecule has 0 bridgehead atoms. The van der Waals surface area contributed by atoms with Crippen molar-refractivity contribution in [3.05, 3.63) is 35.4 Å². The number of halogens is 3. The van der Waals surface area contributed by atoms with E-state index in [1.165, 1.54) is 25.7 Å². The van der Waals surface area contributed by atoms with Crippen LogP contribution < -0.4 is 5.32 Å². The summed E-state index contributed by atoms with van der Waals surface area (Å²) in [7, 11) is 3.90. The number of hydrogen-bond acceptors (Lipinski definition) is 2. The molecule has 0 radical (unpaired) electrons. The Bertz CT molecular complexity index is 427. The normalized spacial score (nSPS) is 13.5. The summed E-state index contributed by atoms with van der Waals surface area (Å²) in [5.74, 6) is 0. The van der Waals surface area contributed by atoms with Gasteiger partial charge in [0, 0.05) is 12.6 Å². The zero-order valence-electron chi connectivity index (χ0n) is 14.4. The first-order valence-corrected chi connectivity index (χ1v) is 8.40. The Labute approximate surface area is 138 Å². The second kappa shape index (κ2) is 9.93. The smallest absolute Gasteiger partial charge is 0.315 e. The van der Waals surface area contributed by atoms with Crippen molar-refractivity contribution in [3.63, 3.8) is 0 Å². The molecule has 1 N–H and O–H groups in total. The van der Waals surface area contributed by atoms with Crippen LogP contribution in [0, 0.1) is 0 Å². The summed E-state index contributed by atoms with van der Waals surface area (Å²) in [5, 5.41) is 3.42. The van der Waals surface area contributed by atoms with Crippen LogP contribution in [0.5, 0.6) is 0 Å². The van der Waals surface area contributed by atoms with Gasteiger partial charge in [-0.25, -0.2) is 0 Å². The van der Waals surface area contributed by atoms with Gasteiger partial charge in [-0.15, -0.1) is 0 Å². The Morgan fingerprint density at radius 2 is 1.61 bits per heavy atom. The van der Waals surface area contributed by atoms with Crippen molar-refractivity contribution in [2.24, 2.45) is 0 Å². The van der Waals surface area contributed by atoms with Crippen molar-refractivity contribution in [3.8, 4) is 0 Å². The highest BCUT2D eigenvalue weighted by atomic mass is 19.4. The fraction of sp³-hybridized carbons (Fsp3) is 0.667. The second-order valence-electron chi connectivity index (χ2n) is 6.22. The molecule has 1 unspecified atom stereocenters. The van der Waals surface area contributed by atoms with Gasteiger partial charge >= 0.3 is 6.18 Å². The van der Waals surface area contributed by atoms with Crippen LogP contribution in [0.3, 0.4) is 0 Å². The monoisotopic (exact) mass is 330 g/mol. The topological polar surface area (TPSA) is 15.3 Å². The van der Waals surface area contributed by atoms with E-state index in [0.717, 1.165) is 37.2 Å². The quantitative estimate of drug-likeness (QED) is 0.616. The Balaban J connectivity index is 2.48. The van der Waals surface area contributed by atoms with Crippen molar-refractivity contribution < 1.29 is 13.2 Å². The van der Waals surface area contributed by atoms with Gasteiger partial charge in [0.05, 0.1) is 5.56 Å². The van der Waals surface area contributed by atoms with Crippen LogP contribution in [-0.2, 0) is 6.18 Å². The number of hydrogen-bond donors (Lipinski definition) is 1. The molecule has 0 aromatic heterocycles. The van der Waals surface area contributed by atoms with E-state index >= 15 is 0 Å². The van der Waals surface area contributed by atoms with Crippen LogP contribution in [0.25, 0.3) is 0 Å². The van der Waals surface area contributed by atoms with Gasteiger partial charge in [-0.2, -0.15) is 13.2 Å². The first-order valence-electron chi connectivity index (χ1n) is 8.40. The Kier molecular flexibility index (Phi) is 8.63. The first-order chi connectivity index (χ1) is 10.9. The van der Waals surface area contributed by atoms with Gasteiger partial charge < -0.3 is 10.2 Å². The van der Waals surface area contributed by atoms with Gasteiger partial charge in [-0.05, 0) is 44.8 Å². The van der Waals surface area contributed by atoms with E-state index < -0.39 is 11.7 Å². The highest BCUT2D eigenvalue weighted by molar-refractivity contribution is 5.27. The van der Waals surface area contributed by atoms with E-state index in [1.807, 2.05) is 19.0 Å². The lowest BCUT2D eigenvalue weighted by molar-refractivity contribution is -0.137. The van der Waals surface area contributed by atoms with E-state index in [1.54, 1.807) is 12.1 Å². The van der Waals surface area contributed by atoms with Crippen molar-refractivity contribution in [2.75, 3.05) is 27.2 Å². The number of likely N-dealkylation sites (N-methyl/N-ethyl adjacent to an activating group) is 1. The number of nitrogens with zero attached hydrogens (tertiary/aromatic N) is 1. The lowest BCUT2D eigenvalue weighted by Crippen LogP contribution is -2.31. The molecule has 132 valence electrons.